The van der Waals surface area contributed by atoms with Crippen molar-refractivity contribution in [3.05, 3.63) is 52.9 Å². The summed E-state index contributed by atoms with van der Waals surface area (Å²) in [6.07, 6.45) is -4.54. The number of amides is 3. The van der Waals surface area contributed by atoms with Gasteiger partial charge in [0.2, 0.25) is 0 Å². The Morgan fingerprint density at radius 3 is 2.48 bits per heavy atom. The fourth-order valence-corrected chi connectivity index (χ4v) is 4.93. The van der Waals surface area contributed by atoms with Crippen molar-refractivity contribution >= 4 is 62.0 Å². The van der Waals surface area contributed by atoms with E-state index in [1.807, 2.05) is 0 Å². The molecule has 4 rings (SSSR count). The van der Waals surface area contributed by atoms with Gasteiger partial charge in [-0.1, -0.05) is 22.0 Å². The van der Waals surface area contributed by atoms with Crippen molar-refractivity contribution in [2.45, 2.75) is 45.0 Å². The second kappa shape index (κ2) is 12.0. The van der Waals surface area contributed by atoms with Gasteiger partial charge < -0.3 is 25.4 Å². The molecular formula is C27H28BrF3N6O5. The Balaban J connectivity index is 1.65. The van der Waals surface area contributed by atoms with E-state index in [1.54, 1.807) is 39.0 Å². The number of halogens is 4. The van der Waals surface area contributed by atoms with Gasteiger partial charge in [0, 0.05) is 29.1 Å². The second-order valence-electron chi connectivity index (χ2n) is 10.7. The van der Waals surface area contributed by atoms with Gasteiger partial charge in [-0.05, 0) is 51.5 Å². The van der Waals surface area contributed by atoms with Crippen LogP contribution in [0.2, 0.25) is 0 Å². The molecule has 0 saturated carbocycles. The molecule has 4 N–H and O–H groups in total. The quantitative estimate of drug-likeness (QED) is 0.262. The predicted molar refractivity (Wildman–Crippen MR) is 153 cm³/mol. The maximum Gasteiger partial charge on any atom is 0.409 e. The van der Waals surface area contributed by atoms with Crippen LogP contribution in [0.3, 0.4) is 0 Å². The van der Waals surface area contributed by atoms with Crippen molar-refractivity contribution in [3.63, 3.8) is 0 Å². The zero-order valence-electron chi connectivity index (χ0n) is 22.8. The van der Waals surface area contributed by atoms with Crippen molar-refractivity contribution in [3.8, 4) is 0 Å². The molecule has 224 valence electrons. The highest BCUT2D eigenvalue weighted by molar-refractivity contribution is 9.10. The number of hydrogen-bond donors (Lipinski definition) is 4. The average molecular weight is 653 g/mol. The molecular weight excluding hydrogens is 625 g/mol. The molecule has 1 aromatic carbocycles. The van der Waals surface area contributed by atoms with E-state index in [9.17, 15) is 32.7 Å². The molecule has 2 aromatic heterocycles. The Labute approximate surface area is 247 Å². The first-order chi connectivity index (χ1) is 19.6. The van der Waals surface area contributed by atoms with Crippen molar-refractivity contribution in [2.75, 3.05) is 28.6 Å². The Hall–Kier alpha value is -4.14. The smallest absolute Gasteiger partial charge is 0.409 e. The Morgan fingerprint density at radius 2 is 1.81 bits per heavy atom. The van der Waals surface area contributed by atoms with Crippen LogP contribution >= 0.6 is 15.9 Å². The van der Waals surface area contributed by atoms with E-state index in [0.717, 1.165) is 0 Å². The first-order valence-corrected chi connectivity index (χ1v) is 13.5. The summed E-state index contributed by atoms with van der Waals surface area (Å²) >= 11 is 3.33. The van der Waals surface area contributed by atoms with Gasteiger partial charge in [-0.2, -0.15) is 13.2 Å². The third kappa shape index (κ3) is 7.78. The number of nitrogens with zero attached hydrogens (tertiary/aromatic N) is 3. The number of carbonyl (C=O) groups excluding carboxylic acids is 2. The Kier molecular flexibility index (Phi) is 8.80. The molecule has 0 radical (unpaired) electrons. The number of alkyl halides is 3. The molecule has 1 aliphatic heterocycles. The number of fused-ring (bicyclic) bond motifs is 1. The van der Waals surface area contributed by atoms with Crippen molar-refractivity contribution in [2.24, 2.45) is 5.92 Å². The van der Waals surface area contributed by atoms with Gasteiger partial charge in [0.25, 0.3) is 5.91 Å². The third-order valence-electron chi connectivity index (χ3n) is 6.26. The number of aromatic nitrogens is 2. The van der Waals surface area contributed by atoms with Crippen LogP contribution in [-0.4, -0.2) is 64.1 Å². The lowest BCUT2D eigenvalue weighted by molar-refractivity contribution is -0.177. The number of ether oxygens (including phenoxy) is 1. The van der Waals surface area contributed by atoms with Gasteiger partial charge in [0.05, 0.1) is 40.7 Å². The summed E-state index contributed by atoms with van der Waals surface area (Å²) in [4.78, 5) is 47.0. The SMILES string of the molecule is CC(C)(C)OC(=O)N[C@@H]1C[C@@H](C(F)(F)F)CN(c2ccncc2NC(=O)c2nc3cc(Br)ccc3cc2NC(=O)O)C1. The van der Waals surface area contributed by atoms with Gasteiger partial charge in [-0.15, -0.1) is 0 Å². The number of pyridine rings is 2. The highest BCUT2D eigenvalue weighted by Gasteiger charge is 2.45. The van der Waals surface area contributed by atoms with Crippen molar-refractivity contribution in [1.29, 1.82) is 0 Å². The van der Waals surface area contributed by atoms with Crippen LogP contribution < -0.4 is 20.9 Å². The second-order valence-corrected chi connectivity index (χ2v) is 11.6. The van der Waals surface area contributed by atoms with Crippen LogP contribution in [0.25, 0.3) is 10.9 Å². The molecule has 11 nitrogen and oxygen atoms in total. The van der Waals surface area contributed by atoms with Crippen LogP contribution in [0, 0.1) is 5.92 Å². The Bertz CT molecular complexity index is 1510. The number of carbonyl (C=O) groups is 3. The number of benzene rings is 1. The standard InChI is InChI=1S/C27H28BrF3N6O5/c1-26(2,3)42-25(41)33-17-9-15(27(29,30)31)12-37(13-17)21-6-7-32-11-20(21)35-23(38)22-19(36-24(39)40)8-14-4-5-16(28)10-18(14)34-22/h4-8,10-11,15,17,36H,9,12-13H2,1-3H3,(H,33,41)(H,35,38)(H,39,40)/t15-,17-/m1/s1. The first kappa shape index (κ1) is 30.8. The van der Waals surface area contributed by atoms with Crippen molar-refractivity contribution in [1.82, 2.24) is 15.3 Å². The van der Waals surface area contributed by atoms with E-state index in [4.69, 9.17) is 4.74 Å². The van der Waals surface area contributed by atoms with E-state index in [-0.39, 0.29) is 35.7 Å². The predicted octanol–water partition coefficient (Wildman–Crippen LogP) is 6.02. The summed E-state index contributed by atoms with van der Waals surface area (Å²) in [5, 5.41) is 17.2. The van der Waals surface area contributed by atoms with Gasteiger partial charge in [-0.3, -0.25) is 15.1 Å². The summed E-state index contributed by atoms with van der Waals surface area (Å²) in [6.45, 7) is 4.49. The van der Waals surface area contributed by atoms with E-state index in [1.165, 1.54) is 29.4 Å². The van der Waals surface area contributed by atoms with Gasteiger partial charge in [0.1, 0.15) is 5.60 Å². The van der Waals surface area contributed by atoms with E-state index >= 15 is 0 Å². The maximum absolute atomic E-state index is 13.9. The van der Waals surface area contributed by atoms with E-state index < -0.39 is 48.4 Å². The van der Waals surface area contributed by atoms with Crippen LogP contribution in [0.1, 0.15) is 37.7 Å². The number of nitrogens with one attached hydrogen (secondary N) is 3. The summed E-state index contributed by atoms with van der Waals surface area (Å²) in [7, 11) is 0. The molecule has 0 bridgehead atoms. The third-order valence-corrected chi connectivity index (χ3v) is 6.75. The van der Waals surface area contributed by atoms with Crippen LogP contribution in [0.4, 0.5) is 39.8 Å². The highest BCUT2D eigenvalue weighted by Crippen LogP contribution is 2.37. The summed E-state index contributed by atoms with van der Waals surface area (Å²) in [5.41, 5.74) is -0.493. The highest BCUT2D eigenvalue weighted by atomic mass is 79.9. The lowest BCUT2D eigenvalue weighted by Crippen LogP contribution is -2.54. The largest absolute Gasteiger partial charge is 0.465 e. The number of carboxylic acid groups (broad SMARTS) is 1. The number of anilines is 3. The minimum atomic E-state index is -4.55. The van der Waals surface area contributed by atoms with Gasteiger partial charge in [-0.25, -0.2) is 14.6 Å². The van der Waals surface area contributed by atoms with Gasteiger partial charge in [0.15, 0.2) is 5.69 Å². The summed E-state index contributed by atoms with van der Waals surface area (Å²) in [6, 6.07) is 7.05. The topological polar surface area (TPSA) is 146 Å². The molecule has 3 heterocycles. The molecule has 3 amide bonds. The van der Waals surface area contributed by atoms with Crippen LogP contribution in [-0.2, 0) is 4.74 Å². The number of piperidine rings is 1. The number of alkyl carbamates (subject to hydrolysis) is 1. The minimum absolute atomic E-state index is 0.00716. The monoisotopic (exact) mass is 652 g/mol. The van der Waals surface area contributed by atoms with E-state index in [0.29, 0.717) is 15.4 Å². The van der Waals surface area contributed by atoms with Crippen LogP contribution in [0.15, 0.2) is 47.2 Å². The summed E-state index contributed by atoms with van der Waals surface area (Å²) in [5.74, 6) is -2.60. The number of rotatable bonds is 5. The van der Waals surface area contributed by atoms with E-state index in [2.05, 4.69) is 41.8 Å². The zero-order chi connectivity index (χ0) is 30.8. The molecule has 1 aliphatic rings. The minimum Gasteiger partial charge on any atom is -0.465 e. The molecule has 2 atom stereocenters. The molecule has 0 spiro atoms. The summed E-state index contributed by atoms with van der Waals surface area (Å²) < 4.78 is 47.7. The fraction of sp³-hybridized carbons (Fsp3) is 0.370. The molecule has 1 fully saturated rings. The first-order valence-electron chi connectivity index (χ1n) is 12.8. The lowest BCUT2D eigenvalue weighted by Gasteiger charge is -2.40. The maximum atomic E-state index is 13.9. The average Bonchev–Trinajstić information content (AvgIpc) is 2.86. The normalized spacial score (nSPS) is 17.5. The molecule has 3 aromatic rings. The molecule has 1 saturated heterocycles. The lowest BCUT2D eigenvalue weighted by atomic mass is 9.93. The Morgan fingerprint density at radius 1 is 1.07 bits per heavy atom. The van der Waals surface area contributed by atoms with Crippen LogP contribution in [0.5, 0.6) is 0 Å². The zero-order valence-corrected chi connectivity index (χ0v) is 24.3. The molecule has 42 heavy (non-hydrogen) atoms. The number of hydrogen-bond acceptors (Lipinski definition) is 7. The molecule has 15 heteroatoms. The molecule has 0 aliphatic carbocycles. The fourth-order valence-electron chi connectivity index (χ4n) is 4.58. The van der Waals surface area contributed by atoms with Crippen molar-refractivity contribution < 1.29 is 37.4 Å². The molecule has 0 unspecified atom stereocenters. The van der Waals surface area contributed by atoms with Gasteiger partial charge >= 0.3 is 18.4 Å².